The van der Waals surface area contributed by atoms with E-state index in [0.717, 1.165) is 180 Å². The molecule has 3 N–H and O–H groups in total. The van der Waals surface area contributed by atoms with E-state index in [-0.39, 0.29) is 25.7 Å². The second-order valence-corrected chi connectivity index (χ2v) is 29.9. The molecule has 0 aliphatic rings. The first-order valence-electron chi connectivity index (χ1n) is 40.5. The van der Waals surface area contributed by atoms with Gasteiger partial charge in [0, 0.05) is 25.7 Å². The minimum Gasteiger partial charge on any atom is -0.462 e. The molecule has 5 atom stereocenters. The molecule has 5 unspecified atom stereocenters. The minimum atomic E-state index is -4.98. The quantitative estimate of drug-likeness (QED) is 0.0169. The first-order chi connectivity index (χ1) is 49.7. The van der Waals surface area contributed by atoms with Crippen LogP contribution in [-0.2, 0) is 65.4 Å². The van der Waals surface area contributed by atoms with Gasteiger partial charge in [-0.2, -0.15) is 0 Å². The van der Waals surface area contributed by atoms with Gasteiger partial charge in [0.25, 0.3) is 0 Å². The number of phosphoric ester groups is 2. The number of rotatable bonds is 76. The SMILES string of the molecule is CC/C=C\C/C=C\C/C=C\C/C=C\CCCCCCCCC(=O)OCC(COP(=O)(O)OCC(O)COP(=O)(O)OCC(COC(=O)CCCCCCC/C=C\C/C=C\CCCCC)OC(=O)CCCCCCC/C=C\C/C=C\CCCCC)OC(=O)CCCCCCCCCCCCCCC. The van der Waals surface area contributed by atoms with E-state index < -0.39 is 97.5 Å². The Balaban J connectivity index is 5.35. The Kier molecular flexibility index (Phi) is 72.3. The normalized spacial score (nSPS) is 14.4. The zero-order chi connectivity index (χ0) is 74.6. The second kappa shape index (κ2) is 75.2. The zero-order valence-corrected chi connectivity index (χ0v) is 66.3. The smallest absolute Gasteiger partial charge is 0.462 e. The van der Waals surface area contributed by atoms with Crippen molar-refractivity contribution >= 4 is 39.5 Å². The van der Waals surface area contributed by atoms with Crippen molar-refractivity contribution in [3.05, 3.63) is 97.2 Å². The maximum atomic E-state index is 13.1. The highest BCUT2D eigenvalue weighted by atomic mass is 31.2. The summed E-state index contributed by atoms with van der Waals surface area (Å²) in [4.78, 5) is 73.0. The molecule has 0 amide bonds. The molecule has 0 aromatic rings. The molecule has 0 rings (SSSR count). The van der Waals surface area contributed by atoms with Crippen LogP contribution in [0.3, 0.4) is 0 Å². The number of carbonyl (C=O) groups excluding carboxylic acids is 4. The predicted octanol–water partition coefficient (Wildman–Crippen LogP) is 23.6. The van der Waals surface area contributed by atoms with Crippen LogP contribution in [0.15, 0.2) is 97.2 Å². The topological polar surface area (TPSA) is 237 Å². The summed E-state index contributed by atoms with van der Waals surface area (Å²) >= 11 is 0. The molecule has 0 radical (unpaired) electrons. The molecule has 0 saturated carbocycles. The lowest BCUT2D eigenvalue weighted by atomic mass is 10.0. The molecule has 0 fully saturated rings. The number of unbranched alkanes of at least 4 members (excludes halogenated alkanes) is 34. The van der Waals surface area contributed by atoms with E-state index in [1.807, 2.05) is 0 Å². The Morgan fingerprint density at radius 1 is 0.284 bits per heavy atom. The Hall–Kier alpha value is -4.02. The fourth-order valence-corrected chi connectivity index (χ4v) is 12.4. The average molecular weight is 1480 g/mol. The first-order valence-corrected chi connectivity index (χ1v) is 43.5. The maximum Gasteiger partial charge on any atom is 0.472 e. The highest BCUT2D eigenvalue weighted by Gasteiger charge is 2.30. The van der Waals surface area contributed by atoms with Crippen LogP contribution in [0.25, 0.3) is 0 Å². The molecule has 17 nitrogen and oxygen atoms in total. The van der Waals surface area contributed by atoms with Crippen molar-refractivity contribution in [2.75, 3.05) is 39.6 Å². The van der Waals surface area contributed by atoms with Gasteiger partial charge in [0.1, 0.15) is 19.3 Å². The van der Waals surface area contributed by atoms with Crippen molar-refractivity contribution in [2.24, 2.45) is 0 Å². The number of allylic oxidation sites excluding steroid dienone is 16. The summed E-state index contributed by atoms with van der Waals surface area (Å²) in [5, 5.41) is 10.6. The highest BCUT2D eigenvalue weighted by molar-refractivity contribution is 7.47. The summed E-state index contributed by atoms with van der Waals surface area (Å²) in [7, 11) is -9.96. The van der Waals surface area contributed by atoms with Crippen molar-refractivity contribution in [3.8, 4) is 0 Å². The van der Waals surface area contributed by atoms with Crippen molar-refractivity contribution < 1.29 is 80.2 Å². The summed E-state index contributed by atoms with van der Waals surface area (Å²) in [6, 6.07) is 0. The lowest BCUT2D eigenvalue weighted by Crippen LogP contribution is -2.30. The Morgan fingerprint density at radius 2 is 0.510 bits per heavy atom. The van der Waals surface area contributed by atoms with Gasteiger partial charge in [-0.1, -0.05) is 292 Å². The Labute approximate surface area is 620 Å². The van der Waals surface area contributed by atoms with E-state index in [1.54, 1.807) is 0 Å². The van der Waals surface area contributed by atoms with Crippen LogP contribution >= 0.6 is 15.6 Å². The molecule has 0 aliphatic heterocycles. The van der Waals surface area contributed by atoms with Gasteiger partial charge in [-0.05, 0) is 128 Å². The van der Waals surface area contributed by atoms with Crippen molar-refractivity contribution in [1.29, 1.82) is 0 Å². The van der Waals surface area contributed by atoms with Gasteiger partial charge in [-0.15, -0.1) is 0 Å². The largest absolute Gasteiger partial charge is 0.472 e. The summed E-state index contributed by atoms with van der Waals surface area (Å²) in [6.07, 6.45) is 79.4. The Morgan fingerprint density at radius 3 is 0.804 bits per heavy atom. The molecule has 0 saturated heterocycles. The molecular weight excluding hydrogens is 1330 g/mol. The van der Waals surface area contributed by atoms with Crippen LogP contribution in [0.1, 0.15) is 349 Å². The lowest BCUT2D eigenvalue weighted by Gasteiger charge is -2.21. The van der Waals surface area contributed by atoms with E-state index in [0.29, 0.717) is 25.7 Å². The summed E-state index contributed by atoms with van der Waals surface area (Å²) < 4.78 is 68.6. The number of ether oxygens (including phenoxy) is 4. The third-order valence-electron chi connectivity index (χ3n) is 17.0. The Bertz CT molecular complexity index is 2310. The first kappa shape index (κ1) is 98.0. The monoisotopic (exact) mass is 1480 g/mol. The zero-order valence-electron chi connectivity index (χ0n) is 64.5. The number of phosphoric acid groups is 2. The predicted molar refractivity (Wildman–Crippen MR) is 418 cm³/mol. The van der Waals surface area contributed by atoms with Gasteiger partial charge in [-0.3, -0.25) is 37.3 Å². The van der Waals surface area contributed by atoms with Gasteiger partial charge in [0.15, 0.2) is 12.2 Å². The van der Waals surface area contributed by atoms with E-state index in [2.05, 4.69) is 125 Å². The van der Waals surface area contributed by atoms with Crippen LogP contribution < -0.4 is 0 Å². The van der Waals surface area contributed by atoms with E-state index in [9.17, 15) is 43.2 Å². The van der Waals surface area contributed by atoms with Crippen LogP contribution in [0.4, 0.5) is 0 Å². The van der Waals surface area contributed by atoms with Crippen molar-refractivity contribution in [2.45, 2.75) is 367 Å². The van der Waals surface area contributed by atoms with Gasteiger partial charge in [0.05, 0.1) is 26.4 Å². The summed E-state index contributed by atoms with van der Waals surface area (Å²) in [5.74, 6) is -2.20. The third-order valence-corrected chi connectivity index (χ3v) is 18.9. The molecular formula is C83H146O17P2. The number of aliphatic hydroxyl groups is 1. The van der Waals surface area contributed by atoms with Crippen LogP contribution in [0, 0.1) is 0 Å². The second-order valence-electron chi connectivity index (χ2n) is 27.0. The average Bonchev–Trinajstić information content (AvgIpc) is 0.908. The number of esters is 4. The molecule has 0 spiro atoms. The van der Waals surface area contributed by atoms with E-state index in [4.69, 9.17) is 37.0 Å². The molecule has 590 valence electrons. The lowest BCUT2D eigenvalue weighted by molar-refractivity contribution is -0.161. The minimum absolute atomic E-state index is 0.0769. The van der Waals surface area contributed by atoms with Gasteiger partial charge in [-0.25, -0.2) is 9.13 Å². The van der Waals surface area contributed by atoms with Crippen LogP contribution in [-0.4, -0.2) is 96.7 Å². The standard InChI is InChI=1S/C83H146O17P2/c1-5-9-13-17-21-25-29-33-36-37-38-39-42-45-48-52-56-60-64-68-81(86)94-73-78(99-82(87)69-65-61-57-53-49-43-32-28-24-20-16-12-8-4)75-97-101(89,90)95-71-77(84)72-96-102(91,92)98-76-79(100-83(88)70-66-62-58-54-50-46-41-35-31-27-23-19-15-11-7-3)74-93-80(85)67-63-59-55-51-47-44-40-34-30-26-22-18-14-10-6-2/h9,13,21-23,25-27,33-36,38-41,77-79,84H,5-8,10-12,14-20,24,28-32,37,42-76H2,1-4H3,(H,89,90)(H,91,92)/b13-9-,25-21-,26-22-,27-23-,36-33-,39-38-,40-34-,41-35-. The molecule has 102 heavy (non-hydrogen) atoms. The van der Waals surface area contributed by atoms with Gasteiger partial charge in [0.2, 0.25) is 0 Å². The molecule has 0 aromatic carbocycles. The highest BCUT2D eigenvalue weighted by Crippen LogP contribution is 2.45. The summed E-state index contributed by atoms with van der Waals surface area (Å²) in [5.41, 5.74) is 0. The van der Waals surface area contributed by atoms with E-state index in [1.165, 1.54) is 89.9 Å². The fraction of sp³-hybridized carbons (Fsp3) is 0.759. The number of hydrogen-bond acceptors (Lipinski definition) is 15. The van der Waals surface area contributed by atoms with E-state index >= 15 is 0 Å². The van der Waals surface area contributed by atoms with Gasteiger partial charge >= 0.3 is 39.5 Å². The third kappa shape index (κ3) is 74.3. The van der Waals surface area contributed by atoms with Gasteiger partial charge < -0.3 is 33.8 Å². The number of hydrogen-bond donors (Lipinski definition) is 3. The molecule has 0 aromatic heterocycles. The number of carbonyl (C=O) groups is 4. The summed E-state index contributed by atoms with van der Waals surface area (Å²) in [6.45, 7) is 4.71. The van der Waals surface area contributed by atoms with Crippen LogP contribution in [0.5, 0.6) is 0 Å². The molecule has 0 bridgehead atoms. The fourth-order valence-electron chi connectivity index (χ4n) is 10.9. The van der Waals surface area contributed by atoms with Crippen LogP contribution in [0.2, 0.25) is 0 Å². The number of aliphatic hydroxyl groups excluding tert-OH is 1. The molecule has 19 heteroatoms. The van der Waals surface area contributed by atoms with Crippen molar-refractivity contribution in [3.63, 3.8) is 0 Å². The molecule has 0 heterocycles. The van der Waals surface area contributed by atoms with Crippen molar-refractivity contribution in [1.82, 2.24) is 0 Å². The molecule has 0 aliphatic carbocycles. The maximum absolute atomic E-state index is 13.1.